The summed E-state index contributed by atoms with van der Waals surface area (Å²) < 4.78 is 55.9. The van der Waals surface area contributed by atoms with E-state index in [9.17, 15) is 17.6 Å². The minimum Gasteiger partial charge on any atom is -0.206 e. The van der Waals surface area contributed by atoms with E-state index in [0.717, 1.165) is 37.3 Å². The molecule has 4 heteroatoms. The summed E-state index contributed by atoms with van der Waals surface area (Å²) in [5, 5.41) is 0. The van der Waals surface area contributed by atoms with Crippen molar-refractivity contribution < 1.29 is 17.6 Å². The minimum atomic E-state index is -1.35. The van der Waals surface area contributed by atoms with Crippen molar-refractivity contribution in [1.29, 1.82) is 0 Å². The third kappa shape index (κ3) is 3.92. The van der Waals surface area contributed by atoms with Crippen LogP contribution in [0.25, 0.3) is 11.1 Å². The van der Waals surface area contributed by atoms with Crippen LogP contribution < -0.4 is 0 Å². The van der Waals surface area contributed by atoms with Gasteiger partial charge in [0.15, 0.2) is 11.6 Å². The SMILES string of the molecule is CCCCCCc1ccc(-c2c(F)cc(C)c(F)c2F)c(F)c1. The zero-order valence-corrected chi connectivity index (χ0v) is 13.4. The molecule has 2 aromatic rings. The molecular formula is C19H20F4. The molecule has 2 rings (SSSR count). The van der Waals surface area contributed by atoms with Gasteiger partial charge in [-0.25, -0.2) is 17.6 Å². The molecule has 0 saturated carbocycles. The molecule has 0 aromatic heterocycles. The van der Waals surface area contributed by atoms with Crippen LogP contribution in [-0.2, 0) is 6.42 Å². The fourth-order valence-corrected chi connectivity index (χ4v) is 2.63. The Kier molecular flexibility index (Phi) is 5.80. The van der Waals surface area contributed by atoms with E-state index >= 15 is 0 Å². The molecule has 0 bridgehead atoms. The first-order valence-corrected chi connectivity index (χ1v) is 7.88. The van der Waals surface area contributed by atoms with Gasteiger partial charge < -0.3 is 0 Å². The maximum Gasteiger partial charge on any atom is 0.169 e. The standard InChI is InChI=1S/C19H20F4/c1-3-4-5-6-7-13-8-9-14(15(20)11-13)17-16(21)10-12(2)18(22)19(17)23/h8-11H,3-7H2,1-2H3. The van der Waals surface area contributed by atoms with E-state index in [0.29, 0.717) is 6.42 Å². The van der Waals surface area contributed by atoms with Crippen LogP contribution in [0.5, 0.6) is 0 Å². The number of benzene rings is 2. The van der Waals surface area contributed by atoms with Gasteiger partial charge in [-0.15, -0.1) is 0 Å². The summed E-state index contributed by atoms with van der Waals surface area (Å²) in [6, 6.07) is 5.12. The van der Waals surface area contributed by atoms with E-state index in [1.165, 1.54) is 19.1 Å². The van der Waals surface area contributed by atoms with E-state index in [-0.39, 0.29) is 11.1 Å². The van der Waals surface area contributed by atoms with Crippen LogP contribution in [0.2, 0.25) is 0 Å². The summed E-state index contributed by atoms with van der Waals surface area (Å²) in [5.74, 6) is -4.20. The first-order chi connectivity index (χ1) is 11.0. The summed E-state index contributed by atoms with van der Waals surface area (Å²) >= 11 is 0. The van der Waals surface area contributed by atoms with Crippen molar-refractivity contribution in [3.05, 3.63) is 58.7 Å². The van der Waals surface area contributed by atoms with Crippen LogP contribution >= 0.6 is 0 Å². The smallest absolute Gasteiger partial charge is 0.169 e. The Bertz CT molecular complexity index is 692. The van der Waals surface area contributed by atoms with Crippen LogP contribution in [0.15, 0.2) is 24.3 Å². The van der Waals surface area contributed by atoms with Crippen LogP contribution in [0.1, 0.15) is 43.7 Å². The molecule has 0 aliphatic rings. The van der Waals surface area contributed by atoms with Gasteiger partial charge in [0.05, 0.1) is 5.56 Å². The summed E-state index contributed by atoms with van der Waals surface area (Å²) in [6.07, 6.45) is 4.95. The van der Waals surface area contributed by atoms with E-state index < -0.39 is 28.8 Å². The maximum absolute atomic E-state index is 14.2. The molecule has 0 atom stereocenters. The topological polar surface area (TPSA) is 0 Å². The predicted octanol–water partition coefficient (Wildman–Crippen LogP) is 6.34. The minimum absolute atomic E-state index is 0.142. The molecule has 0 aliphatic heterocycles. The number of hydrogen-bond acceptors (Lipinski definition) is 0. The van der Waals surface area contributed by atoms with Crippen LogP contribution in [0.4, 0.5) is 17.6 Å². The molecule has 124 valence electrons. The van der Waals surface area contributed by atoms with Crippen molar-refractivity contribution in [3.63, 3.8) is 0 Å². The van der Waals surface area contributed by atoms with E-state index in [1.807, 2.05) is 0 Å². The number of unbranched alkanes of at least 4 members (excludes halogenated alkanes) is 3. The molecule has 0 amide bonds. The fraction of sp³-hybridized carbons (Fsp3) is 0.368. The maximum atomic E-state index is 14.2. The van der Waals surface area contributed by atoms with Gasteiger partial charge in [0.25, 0.3) is 0 Å². The Balaban J connectivity index is 2.30. The number of halogens is 4. The highest BCUT2D eigenvalue weighted by atomic mass is 19.2. The van der Waals surface area contributed by atoms with Crippen LogP contribution in [0.3, 0.4) is 0 Å². The third-order valence-corrected chi connectivity index (χ3v) is 3.96. The Morgan fingerprint density at radius 3 is 2.22 bits per heavy atom. The lowest BCUT2D eigenvalue weighted by Crippen LogP contribution is -2.00. The molecule has 0 aliphatic carbocycles. The van der Waals surface area contributed by atoms with Gasteiger partial charge in [-0.3, -0.25) is 0 Å². The lowest BCUT2D eigenvalue weighted by atomic mass is 9.98. The third-order valence-electron chi connectivity index (χ3n) is 3.96. The van der Waals surface area contributed by atoms with Gasteiger partial charge in [0, 0.05) is 5.56 Å². The second-order valence-electron chi connectivity index (χ2n) is 5.80. The Morgan fingerprint density at radius 1 is 0.826 bits per heavy atom. The fourth-order valence-electron chi connectivity index (χ4n) is 2.63. The quantitative estimate of drug-likeness (QED) is 0.330. The van der Waals surface area contributed by atoms with Crippen molar-refractivity contribution in [2.24, 2.45) is 0 Å². The largest absolute Gasteiger partial charge is 0.206 e. The highest BCUT2D eigenvalue weighted by Crippen LogP contribution is 2.31. The molecule has 0 fully saturated rings. The Labute approximate surface area is 134 Å². The average Bonchev–Trinajstić information content (AvgIpc) is 2.51. The van der Waals surface area contributed by atoms with Gasteiger partial charge in [0.2, 0.25) is 0 Å². The van der Waals surface area contributed by atoms with Crippen molar-refractivity contribution in [2.45, 2.75) is 46.0 Å². The van der Waals surface area contributed by atoms with Gasteiger partial charge in [0.1, 0.15) is 11.6 Å². The zero-order valence-electron chi connectivity index (χ0n) is 13.4. The van der Waals surface area contributed by atoms with Crippen molar-refractivity contribution in [3.8, 4) is 11.1 Å². The predicted molar refractivity (Wildman–Crippen MR) is 84.3 cm³/mol. The molecular weight excluding hydrogens is 304 g/mol. The van der Waals surface area contributed by atoms with Gasteiger partial charge in [-0.1, -0.05) is 38.3 Å². The zero-order chi connectivity index (χ0) is 17.0. The summed E-state index contributed by atoms with van der Waals surface area (Å²) in [7, 11) is 0. The van der Waals surface area contributed by atoms with Gasteiger partial charge in [-0.2, -0.15) is 0 Å². The van der Waals surface area contributed by atoms with E-state index in [4.69, 9.17) is 0 Å². The molecule has 0 unspecified atom stereocenters. The molecule has 0 nitrogen and oxygen atoms in total. The molecule has 0 spiro atoms. The molecule has 0 N–H and O–H groups in total. The molecule has 23 heavy (non-hydrogen) atoms. The lowest BCUT2D eigenvalue weighted by molar-refractivity contribution is 0.492. The first-order valence-electron chi connectivity index (χ1n) is 7.88. The molecule has 0 heterocycles. The number of rotatable bonds is 6. The highest BCUT2D eigenvalue weighted by Gasteiger charge is 2.20. The second kappa shape index (κ2) is 7.62. The normalized spacial score (nSPS) is 11.0. The Hall–Kier alpha value is -1.84. The van der Waals surface area contributed by atoms with Gasteiger partial charge >= 0.3 is 0 Å². The van der Waals surface area contributed by atoms with Crippen molar-refractivity contribution in [1.82, 2.24) is 0 Å². The van der Waals surface area contributed by atoms with Crippen molar-refractivity contribution >= 4 is 0 Å². The summed E-state index contributed by atoms with van der Waals surface area (Å²) in [6.45, 7) is 3.37. The number of aryl methyl sites for hydroxylation is 2. The molecule has 2 aromatic carbocycles. The van der Waals surface area contributed by atoms with Crippen molar-refractivity contribution in [2.75, 3.05) is 0 Å². The van der Waals surface area contributed by atoms with Crippen LogP contribution in [0, 0.1) is 30.2 Å². The molecule has 0 saturated heterocycles. The van der Waals surface area contributed by atoms with Crippen LogP contribution in [-0.4, -0.2) is 0 Å². The van der Waals surface area contributed by atoms with E-state index in [2.05, 4.69) is 6.92 Å². The van der Waals surface area contributed by atoms with Gasteiger partial charge in [-0.05, 0) is 43.0 Å². The second-order valence-corrected chi connectivity index (χ2v) is 5.80. The average molecular weight is 324 g/mol. The molecule has 0 radical (unpaired) electrons. The highest BCUT2D eigenvalue weighted by molar-refractivity contribution is 5.66. The first kappa shape index (κ1) is 17.5. The lowest BCUT2D eigenvalue weighted by Gasteiger charge is -2.10. The monoisotopic (exact) mass is 324 g/mol. The summed E-state index contributed by atoms with van der Waals surface area (Å²) in [5.41, 5.74) is -0.271. The summed E-state index contributed by atoms with van der Waals surface area (Å²) in [4.78, 5) is 0. The Morgan fingerprint density at radius 2 is 1.57 bits per heavy atom. The number of hydrogen-bond donors (Lipinski definition) is 0. The van der Waals surface area contributed by atoms with E-state index in [1.54, 1.807) is 6.07 Å².